The second-order valence-corrected chi connectivity index (χ2v) is 5.40. The van der Waals surface area contributed by atoms with Crippen LogP contribution in [0.2, 0.25) is 0 Å². The fraction of sp³-hybridized carbons (Fsp3) is 0.278. The van der Waals surface area contributed by atoms with Crippen molar-refractivity contribution in [2.45, 2.75) is 26.7 Å². The number of carbonyl (C=O) groups is 2. The Hall–Kier alpha value is -2.89. The van der Waals surface area contributed by atoms with Gasteiger partial charge in [-0.05, 0) is 31.4 Å². The van der Waals surface area contributed by atoms with Crippen LogP contribution in [0.5, 0.6) is 0 Å². The molecule has 1 aliphatic rings. The molecule has 0 radical (unpaired) electrons. The highest BCUT2D eigenvalue weighted by atomic mass is 16.6. The minimum Gasteiger partial charge on any atom is -0.460 e. The summed E-state index contributed by atoms with van der Waals surface area (Å²) in [5, 5.41) is 0. The van der Waals surface area contributed by atoms with Crippen molar-refractivity contribution in [1.29, 1.82) is 0 Å². The standard InChI is InChI=1S/C18H18N2O4/c1-3-23-18(22)17(24-12(2)21)10-14-16-9-8-13-6-4-5-7-15(13)20(16)11-19-14/h4-7,10-11H,3,8-9H2,1-2H3/b17-10+. The Labute approximate surface area is 139 Å². The second kappa shape index (κ2) is 6.70. The number of nitrogens with zero attached hydrogens (tertiary/aromatic N) is 2. The van der Waals surface area contributed by atoms with Gasteiger partial charge in [0.15, 0.2) is 0 Å². The number of imidazole rings is 1. The van der Waals surface area contributed by atoms with Crippen LogP contribution in [0.15, 0.2) is 36.4 Å². The van der Waals surface area contributed by atoms with E-state index in [0.717, 1.165) is 24.2 Å². The normalized spacial score (nSPS) is 13.0. The van der Waals surface area contributed by atoms with Crippen molar-refractivity contribution in [3.05, 3.63) is 53.3 Å². The molecule has 0 saturated heterocycles. The summed E-state index contributed by atoms with van der Waals surface area (Å²) in [5.41, 5.74) is 3.91. The van der Waals surface area contributed by atoms with Gasteiger partial charge in [-0.1, -0.05) is 18.2 Å². The average Bonchev–Trinajstić information content (AvgIpc) is 2.97. The Morgan fingerprint density at radius 1 is 1.29 bits per heavy atom. The van der Waals surface area contributed by atoms with Crippen molar-refractivity contribution < 1.29 is 19.1 Å². The fourth-order valence-electron chi connectivity index (χ4n) is 2.79. The SMILES string of the molecule is CCOC(=O)/C(=C\c1ncn2c1CCc1ccccc1-2)OC(C)=O. The van der Waals surface area contributed by atoms with E-state index in [4.69, 9.17) is 9.47 Å². The number of esters is 2. The second-order valence-electron chi connectivity index (χ2n) is 5.40. The molecule has 0 fully saturated rings. The van der Waals surface area contributed by atoms with E-state index in [1.807, 2.05) is 22.8 Å². The first-order valence-electron chi connectivity index (χ1n) is 7.82. The predicted octanol–water partition coefficient (Wildman–Crippen LogP) is 2.44. The number of benzene rings is 1. The molecule has 2 heterocycles. The highest BCUT2D eigenvalue weighted by Gasteiger charge is 2.21. The lowest BCUT2D eigenvalue weighted by Gasteiger charge is -2.19. The first kappa shape index (κ1) is 16.0. The first-order valence-corrected chi connectivity index (χ1v) is 7.82. The van der Waals surface area contributed by atoms with Gasteiger partial charge in [-0.3, -0.25) is 4.79 Å². The van der Waals surface area contributed by atoms with Gasteiger partial charge in [-0.25, -0.2) is 9.78 Å². The molecule has 0 amide bonds. The maximum absolute atomic E-state index is 12.0. The fourth-order valence-corrected chi connectivity index (χ4v) is 2.79. The number of fused-ring (bicyclic) bond motifs is 3. The zero-order valence-electron chi connectivity index (χ0n) is 13.6. The summed E-state index contributed by atoms with van der Waals surface area (Å²) in [5.74, 6) is -1.40. The van der Waals surface area contributed by atoms with E-state index in [-0.39, 0.29) is 12.4 Å². The molecular weight excluding hydrogens is 308 g/mol. The van der Waals surface area contributed by atoms with Crippen molar-refractivity contribution in [2.24, 2.45) is 0 Å². The van der Waals surface area contributed by atoms with Crippen LogP contribution < -0.4 is 0 Å². The highest BCUT2D eigenvalue weighted by Crippen LogP contribution is 2.27. The summed E-state index contributed by atoms with van der Waals surface area (Å²) >= 11 is 0. The Morgan fingerprint density at radius 2 is 2.08 bits per heavy atom. The van der Waals surface area contributed by atoms with E-state index in [9.17, 15) is 9.59 Å². The van der Waals surface area contributed by atoms with Gasteiger partial charge < -0.3 is 14.0 Å². The van der Waals surface area contributed by atoms with Gasteiger partial charge in [0.2, 0.25) is 5.76 Å². The number of ether oxygens (including phenoxy) is 2. The third-order valence-corrected chi connectivity index (χ3v) is 3.78. The van der Waals surface area contributed by atoms with Gasteiger partial charge >= 0.3 is 11.9 Å². The quantitative estimate of drug-likeness (QED) is 0.490. The molecule has 0 saturated carbocycles. The third kappa shape index (κ3) is 3.08. The predicted molar refractivity (Wildman–Crippen MR) is 87.3 cm³/mol. The van der Waals surface area contributed by atoms with Gasteiger partial charge in [-0.15, -0.1) is 0 Å². The lowest BCUT2D eigenvalue weighted by Crippen LogP contribution is -2.14. The number of aromatic nitrogens is 2. The Morgan fingerprint density at radius 3 is 2.83 bits per heavy atom. The van der Waals surface area contributed by atoms with Crippen LogP contribution >= 0.6 is 0 Å². The highest BCUT2D eigenvalue weighted by molar-refractivity contribution is 5.93. The van der Waals surface area contributed by atoms with E-state index < -0.39 is 11.9 Å². The number of hydrogen-bond acceptors (Lipinski definition) is 5. The van der Waals surface area contributed by atoms with Crippen LogP contribution in [0.3, 0.4) is 0 Å². The lowest BCUT2D eigenvalue weighted by molar-refractivity contribution is -0.149. The summed E-state index contributed by atoms with van der Waals surface area (Å²) < 4.78 is 11.9. The van der Waals surface area contributed by atoms with Gasteiger partial charge in [0.05, 0.1) is 18.0 Å². The minimum atomic E-state index is -0.675. The monoisotopic (exact) mass is 326 g/mol. The van der Waals surface area contributed by atoms with Crippen LogP contribution in [-0.2, 0) is 31.9 Å². The van der Waals surface area contributed by atoms with Crippen molar-refractivity contribution in [3.8, 4) is 5.69 Å². The average molecular weight is 326 g/mol. The van der Waals surface area contributed by atoms with Crippen molar-refractivity contribution in [3.63, 3.8) is 0 Å². The molecule has 0 atom stereocenters. The summed E-state index contributed by atoms with van der Waals surface area (Å²) in [7, 11) is 0. The Kier molecular flexibility index (Phi) is 4.46. The Balaban J connectivity index is 2.00. The number of para-hydroxylation sites is 1. The molecule has 6 heteroatoms. The van der Waals surface area contributed by atoms with Crippen molar-refractivity contribution in [1.82, 2.24) is 9.55 Å². The molecule has 0 unspecified atom stereocenters. The topological polar surface area (TPSA) is 70.4 Å². The first-order chi connectivity index (χ1) is 11.6. The van der Waals surface area contributed by atoms with E-state index in [0.29, 0.717) is 5.69 Å². The van der Waals surface area contributed by atoms with Crippen molar-refractivity contribution >= 4 is 18.0 Å². The van der Waals surface area contributed by atoms with E-state index in [2.05, 4.69) is 11.1 Å². The summed E-state index contributed by atoms with van der Waals surface area (Å²) in [6.07, 6.45) is 4.87. The molecule has 24 heavy (non-hydrogen) atoms. The molecular formula is C18H18N2O4. The van der Waals surface area contributed by atoms with E-state index in [1.54, 1.807) is 13.3 Å². The summed E-state index contributed by atoms with van der Waals surface area (Å²) in [6.45, 7) is 3.14. The molecule has 1 aromatic carbocycles. The summed E-state index contributed by atoms with van der Waals surface area (Å²) in [4.78, 5) is 27.6. The molecule has 0 aliphatic carbocycles. The van der Waals surface area contributed by atoms with Crippen molar-refractivity contribution in [2.75, 3.05) is 6.61 Å². The van der Waals surface area contributed by atoms with Gasteiger partial charge in [-0.2, -0.15) is 0 Å². The number of rotatable bonds is 4. The number of hydrogen-bond donors (Lipinski definition) is 0. The molecule has 0 N–H and O–H groups in total. The number of aryl methyl sites for hydroxylation is 1. The third-order valence-electron chi connectivity index (χ3n) is 3.78. The largest absolute Gasteiger partial charge is 0.460 e. The van der Waals surface area contributed by atoms with Crippen LogP contribution in [0.4, 0.5) is 0 Å². The van der Waals surface area contributed by atoms with Crippen LogP contribution in [0.1, 0.15) is 30.8 Å². The molecule has 1 aromatic heterocycles. The maximum Gasteiger partial charge on any atom is 0.374 e. The van der Waals surface area contributed by atoms with E-state index >= 15 is 0 Å². The lowest BCUT2D eigenvalue weighted by atomic mass is 10.0. The smallest absolute Gasteiger partial charge is 0.374 e. The Bertz CT molecular complexity index is 820. The zero-order chi connectivity index (χ0) is 17.1. The molecule has 2 aromatic rings. The maximum atomic E-state index is 12.0. The molecule has 0 spiro atoms. The molecule has 0 bridgehead atoms. The van der Waals surface area contributed by atoms with Crippen LogP contribution in [0.25, 0.3) is 11.8 Å². The molecule has 124 valence electrons. The van der Waals surface area contributed by atoms with E-state index in [1.165, 1.54) is 18.6 Å². The zero-order valence-corrected chi connectivity index (χ0v) is 13.6. The van der Waals surface area contributed by atoms with Crippen LogP contribution in [-0.4, -0.2) is 28.1 Å². The van der Waals surface area contributed by atoms with Gasteiger partial charge in [0, 0.05) is 18.7 Å². The molecule has 3 rings (SSSR count). The van der Waals surface area contributed by atoms with Gasteiger partial charge in [0.25, 0.3) is 0 Å². The van der Waals surface area contributed by atoms with Crippen LogP contribution in [0, 0.1) is 0 Å². The van der Waals surface area contributed by atoms with Gasteiger partial charge in [0.1, 0.15) is 6.33 Å². The minimum absolute atomic E-state index is 0.148. The number of carbonyl (C=O) groups excluding carboxylic acids is 2. The summed E-state index contributed by atoms with van der Waals surface area (Å²) in [6, 6.07) is 8.12. The molecule has 1 aliphatic heterocycles. The molecule has 6 nitrogen and oxygen atoms in total.